The lowest BCUT2D eigenvalue weighted by Gasteiger charge is -2.25. The lowest BCUT2D eigenvalue weighted by molar-refractivity contribution is -0.139. The van der Waals surface area contributed by atoms with Crippen LogP contribution in [0.1, 0.15) is 13.8 Å². The molecule has 0 atom stereocenters. The van der Waals surface area contributed by atoms with E-state index in [0.29, 0.717) is 5.82 Å². The molecule has 0 spiro atoms. The summed E-state index contributed by atoms with van der Waals surface area (Å²) in [6.45, 7) is 4.15. The Morgan fingerprint density at radius 1 is 1.53 bits per heavy atom. The summed E-state index contributed by atoms with van der Waals surface area (Å²) in [4.78, 5) is 21.1. The number of esters is 1. The van der Waals surface area contributed by atoms with E-state index >= 15 is 0 Å². The summed E-state index contributed by atoms with van der Waals surface area (Å²) in [6.07, 6.45) is 4.82. The van der Waals surface area contributed by atoms with Crippen LogP contribution in [0.25, 0.3) is 0 Å². The number of methoxy groups -OCH3 is 1. The molecule has 5 nitrogen and oxygen atoms in total. The van der Waals surface area contributed by atoms with Gasteiger partial charge in [0.15, 0.2) is 0 Å². The molecule has 0 aliphatic carbocycles. The fourth-order valence-electron chi connectivity index (χ4n) is 1.17. The van der Waals surface area contributed by atoms with Crippen LogP contribution in [-0.4, -0.2) is 35.6 Å². The number of nitrogens with zero attached hydrogens (tertiary/aromatic N) is 3. The molecule has 1 rings (SSSR count). The second-order valence-electron chi connectivity index (χ2n) is 3.36. The Balaban J connectivity index is 2.79. The van der Waals surface area contributed by atoms with Gasteiger partial charge in [-0.2, -0.15) is 0 Å². The van der Waals surface area contributed by atoms with Crippen LogP contribution in [0.2, 0.25) is 0 Å². The van der Waals surface area contributed by atoms with Gasteiger partial charge in [0.05, 0.1) is 13.3 Å². The SMILES string of the molecule is COC(=O)CN(c1cnccn1)C(C)C. The van der Waals surface area contributed by atoms with Crippen molar-refractivity contribution >= 4 is 11.8 Å². The maximum Gasteiger partial charge on any atom is 0.325 e. The first kappa shape index (κ1) is 11.4. The number of aromatic nitrogens is 2. The summed E-state index contributed by atoms with van der Waals surface area (Å²) in [5.41, 5.74) is 0. The molecule has 1 aromatic rings. The lowest BCUT2D eigenvalue weighted by Crippen LogP contribution is -2.36. The maximum atomic E-state index is 11.2. The van der Waals surface area contributed by atoms with Crippen molar-refractivity contribution in [1.29, 1.82) is 0 Å². The monoisotopic (exact) mass is 209 g/mol. The third-order valence-corrected chi connectivity index (χ3v) is 1.99. The molecular formula is C10H15N3O2. The van der Waals surface area contributed by atoms with E-state index in [0.717, 1.165) is 0 Å². The van der Waals surface area contributed by atoms with E-state index in [-0.39, 0.29) is 18.6 Å². The minimum atomic E-state index is -0.283. The lowest BCUT2D eigenvalue weighted by atomic mass is 10.3. The molecular weight excluding hydrogens is 194 g/mol. The normalized spacial score (nSPS) is 10.1. The molecule has 0 N–H and O–H groups in total. The number of rotatable bonds is 4. The van der Waals surface area contributed by atoms with Crippen LogP contribution < -0.4 is 4.90 Å². The highest BCUT2D eigenvalue weighted by Gasteiger charge is 2.15. The Hall–Kier alpha value is -1.65. The van der Waals surface area contributed by atoms with E-state index in [1.807, 2.05) is 18.7 Å². The Kier molecular flexibility index (Phi) is 4.03. The first-order valence-electron chi connectivity index (χ1n) is 4.74. The summed E-state index contributed by atoms with van der Waals surface area (Å²) in [7, 11) is 1.37. The zero-order chi connectivity index (χ0) is 11.3. The molecule has 5 heteroatoms. The molecule has 82 valence electrons. The number of carbonyl (C=O) groups is 1. The van der Waals surface area contributed by atoms with Crippen molar-refractivity contribution in [3.63, 3.8) is 0 Å². The largest absolute Gasteiger partial charge is 0.468 e. The first-order chi connectivity index (χ1) is 7.15. The fourth-order valence-corrected chi connectivity index (χ4v) is 1.17. The number of carbonyl (C=O) groups excluding carboxylic acids is 1. The first-order valence-corrected chi connectivity index (χ1v) is 4.74. The molecule has 15 heavy (non-hydrogen) atoms. The maximum absolute atomic E-state index is 11.2. The van der Waals surface area contributed by atoms with Crippen LogP contribution in [0, 0.1) is 0 Å². The van der Waals surface area contributed by atoms with Gasteiger partial charge in [-0.1, -0.05) is 0 Å². The fraction of sp³-hybridized carbons (Fsp3) is 0.500. The van der Waals surface area contributed by atoms with Gasteiger partial charge >= 0.3 is 5.97 Å². The molecule has 0 aliphatic heterocycles. The van der Waals surface area contributed by atoms with E-state index in [1.165, 1.54) is 7.11 Å². The van der Waals surface area contributed by atoms with Gasteiger partial charge in [0.25, 0.3) is 0 Å². The zero-order valence-electron chi connectivity index (χ0n) is 9.17. The standard InChI is InChI=1S/C10H15N3O2/c1-8(2)13(7-10(14)15-3)9-6-11-4-5-12-9/h4-6,8H,7H2,1-3H3. The minimum absolute atomic E-state index is 0.167. The highest BCUT2D eigenvalue weighted by Crippen LogP contribution is 2.11. The van der Waals surface area contributed by atoms with Gasteiger partial charge in [0.1, 0.15) is 12.4 Å². The summed E-state index contributed by atoms with van der Waals surface area (Å²) in [6, 6.07) is 0.167. The molecule has 0 radical (unpaired) electrons. The Morgan fingerprint density at radius 3 is 2.73 bits per heavy atom. The van der Waals surface area contributed by atoms with Crippen molar-refractivity contribution in [2.45, 2.75) is 19.9 Å². The van der Waals surface area contributed by atoms with Crippen molar-refractivity contribution in [2.75, 3.05) is 18.6 Å². The molecule has 0 amide bonds. The number of ether oxygens (including phenoxy) is 1. The molecule has 0 aromatic carbocycles. The predicted molar refractivity (Wildman–Crippen MR) is 56.5 cm³/mol. The van der Waals surface area contributed by atoms with Gasteiger partial charge in [0.2, 0.25) is 0 Å². The zero-order valence-corrected chi connectivity index (χ0v) is 9.17. The Labute approximate surface area is 89.1 Å². The van der Waals surface area contributed by atoms with Crippen LogP contribution >= 0.6 is 0 Å². The second-order valence-corrected chi connectivity index (χ2v) is 3.36. The summed E-state index contributed by atoms with van der Waals surface area (Å²) in [5, 5.41) is 0. The van der Waals surface area contributed by atoms with Crippen LogP contribution in [0.4, 0.5) is 5.82 Å². The van der Waals surface area contributed by atoms with Crippen molar-refractivity contribution in [2.24, 2.45) is 0 Å². The number of hydrogen-bond acceptors (Lipinski definition) is 5. The molecule has 1 heterocycles. The number of anilines is 1. The Bertz CT molecular complexity index is 314. The van der Waals surface area contributed by atoms with Gasteiger partial charge in [-0.25, -0.2) is 4.98 Å². The third kappa shape index (κ3) is 3.19. The summed E-state index contributed by atoms with van der Waals surface area (Å²) < 4.78 is 4.62. The van der Waals surface area contributed by atoms with Gasteiger partial charge in [-0.15, -0.1) is 0 Å². The van der Waals surface area contributed by atoms with Crippen LogP contribution in [-0.2, 0) is 9.53 Å². The van der Waals surface area contributed by atoms with E-state index in [4.69, 9.17) is 0 Å². The molecule has 0 fully saturated rings. The van der Waals surface area contributed by atoms with Crippen LogP contribution in [0.5, 0.6) is 0 Å². The van der Waals surface area contributed by atoms with Crippen molar-refractivity contribution < 1.29 is 9.53 Å². The number of hydrogen-bond donors (Lipinski definition) is 0. The van der Waals surface area contributed by atoms with E-state index in [1.54, 1.807) is 18.6 Å². The summed E-state index contributed by atoms with van der Waals surface area (Å²) in [5.74, 6) is 0.396. The quantitative estimate of drug-likeness (QED) is 0.688. The topological polar surface area (TPSA) is 55.3 Å². The third-order valence-electron chi connectivity index (χ3n) is 1.99. The van der Waals surface area contributed by atoms with Gasteiger partial charge in [-0.3, -0.25) is 9.78 Å². The molecule has 0 saturated heterocycles. The average molecular weight is 209 g/mol. The van der Waals surface area contributed by atoms with Crippen LogP contribution in [0.3, 0.4) is 0 Å². The van der Waals surface area contributed by atoms with Crippen molar-refractivity contribution in [3.05, 3.63) is 18.6 Å². The van der Waals surface area contributed by atoms with Gasteiger partial charge < -0.3 is 9.64 Å². The average Bonchev–Trinajstić information content (AvgIpc) is 2.26. The van der Waals surface area contributed by atoms with Gasteiger partial charge in [-0.05, 0) is 13.8 Å². The summed E-state index contributed by atoms with van der Waals surface area (Å²) >= 11 is 0. The van der Waals surface area contributed by atoms with Gasteiger partial charge in [0, 0.05) is 18.4 Å². The predicted octanol–water partition coefficient (Wildman–Crippen LogP) is 0.864. The van der Waals surface area contributed by atoms with E-state index < -0.39 is 0 Å². The molecule has 0 bridgehead atoms. The van der Waals surface area contributed by atoms with E-state index in [9.17, 15) is 4.79 Å². The van der Waals surface area contributed by atoms with Crippen LogP contribution in [0.15, 0.2) is 18.6 Å². The highest BCUT2D eigenvalue weighted by atomic mass is 16.5. The highest BCUT2D eigenvalue weighted by molar-refractivity contribution is 5.75. The Morgan fingerprint density at radius 2 is 2.27 bits per heavy atom. The molecule has 0 saturated carbocycles. The molecule has 0 aliphatic rings. The molecule has 1 aromatic heterocycles. The molecule has 0 unspecified atom stereocenters. The van der Waals surface area contributed by atoms with Crippen molar-refractivity contribution in [3.8, 4) is 0 Å². The second kappa shape index (κ2) is 5.29. The smallest absolute Gasteiger partial charge is 0.325 e. The van der Waals surface area contributed by atoms with E-state index in [2.05, 4.69) is 14.7 Å². The minimum Gasteiger partial charge on any atom is -0.468 e. The van der Waals surface area contributed by atoms with Crippen molar-refractivity contribution in [1.82, 2.24) is 9.97 Å².